The van der Waals surface area contributed by atoms with Crippen molar-refractivity contribution >= 4 is 11.9 Å². The number of rotatable bonds is 3. The van der Waals surface area contributed by atoms with E-state index in [1.54, 1.807) is 31.2 Å². The van der Waals surface area contributed by atoms with Crippen molar-refractivity contribution in [1.82, 2.24) is 5.32 Å². The predicted octanol–water partition coefficient (Wildman–Crippen LogP) is 1.75. The van der Waals surface area contributed by atoms with Gasteiger partial charge in [-0.25, -0.2) is 9.59 Å². The molecule has 126 valence electrons. The van der Waals surface area contributed by atoms with E-state index in [9.17, 15) is 14.9 Å². The van der Waals surface area contributed by atoms with Gasteiger partial charge in [0, 0.05) is 11.3 Å². The van der Waals surface area contributed by atoms with Crippen LogP contribution in [0.5, 0.6) is 0 Å². The molecule has 0 fully saturated rings. The zero-order valence-corrected chi connectivity index (χ0v) is 14.0. The first kappa shape index (κ1) is 17.8. The van der Waals surface area contributed by atoms with Gasteiger partial charge in [-0.3, -0.25) is 0 Å². The number of hydrogen-bond donors (Lipinski definition) is 1. The number of dihydropyridines is 1. The van der Waals surface area contributed by atoms with Crippen LogP contribution in [0.15, 0.2) is 46.8 Å². The molecule has 2 rings (SSSR count). The van der Waals surface area contributed by atoms with Gasteiger partial charge in [0.15, 0.2) is 0 Å². The molecule has 0 aliphatic carbocycles. The SMILES string of the molecule is C#Cc1cccc(C2C(C(=O)OC)=C(C)NC(C#N)=C2C(=O)OC)c1. The topological polar surface area (TPSA) is 88.4 Å². The standard InChI is InChI=1S/C19H16N2O4/c1-5-12-7-6-8-13(9-12)16-15(18(22)24-3)11(2)21-14(10-20)17(16)19(23)25-4/h1,6-9,16,21H,2-4H3. The Morgan fingerprint density at radius 2 is 1.84 bits per heavy atom. The van der Waals surface area contributed by atoms with Crippen LogP contribution in [-0.4, -0.2) is 26.2 Å². The zero-order valence-electron chi connectivity index (χ0n) is 14.0. The number of nitriles is 1. The Morgan fingerprint density at radius 1 is 1.20 bits per heavy atom. The lowest BCUT2D eigenvalue weighted by Gasteiger charge is -2.29. The Kier molecular flexibility index (Phi) is 5.26. The first-order chi connectivity index (χ1) is 12.0. The fourth-order valence-electron chi connectivity index (χ4n) is 2.77. The van der Waals surface area contributed by atoms with Gasteiger partial charge in [-0.1, -0.05) is 18.1 Å². The average Bonchev–Trinajstić information content (AvgIpc) is 2.65. The Bertz CT molecular complexity index is 881. The molecular weight excluding hydrogens is 320 g/mol. The lowest BCUT2D eigenvalue weighted by molar-refractivity contribution is -0.137. The second-order valence-corrected chi connectivity index (χ2v) is 5.25. The molecule has 0 saturated heterocycles. The van der Waals surface area contributed by atoms with E-state index in [1.165, 1.54) is 14.2 Å². The van der Waals surface area contributed by atoms with Crippen molar-refractivity contribution in [2.45, 2.75) is 12.8 Å². The quantitative estimate of drug-likeness (QED) is 0.668. The number of ether oxygens (including phenoxy) is 2. The molecule has 1 aliphatic rings. The number of carbonyl (C=O) groups is 2. The Balaban J connectivity index is 2.79. The second-order valence-electron chi connectivity index (χ2n) is 5.25. The maximum absolute atomic E-state index is 12.4. The molecular formula is C19H16N2O4. The van der Waals surface area contributed by atoms with Gasteiger partial charge in [0.2, 0.25) is 0 Å². The van der Waals surface area contributed by atoms with Crippen LogP contribution in [-0.2, 0) is 19.1 Å². The highest BCUT2D eigenvalue weighted by Gasteiger charge is 2.38. The van der Waals surface area contributed by atoms with Crippen LogP contribution in [0.3, 0.4) is 0 Å². The number of carbonyl (C=O) groups excluding carboxylic acids is 2. The van der Waals surface area contributed by atoms with Crippen LogP contribution in [0.1, 0.15) is 24.0 Å². The Labute approximate surface area is 145 Å². The largest absolute Gasteiger partial charge is 0.466 e. The predicted molar refractivity (Wildman–Crippen MR) is 89.6 cm³/mol. The summed E-state index contributed by atoms with van der Waals surface area (Å²) in [6.45, 7) is 1.63. The molecule has 1 aromatic rings. The van der Waals surface area contributed by atoms with E-state index in [2.05, 4.69) is 11.2 Å². The maximum Gasteiger partial charge on any atom is 0.337 e. The van der Waals surface area contributed by atoms with Crippen molar-refractivity contribution in [2.24, 2.45) is 0 Å². The lowest BCUT2D eigenvalue weighted by Crippen LogP contribution is -2.32. The normalized spacial score (nSPS) is 16.4. The number of terminal acetylenes is 1. The fourth-order valence-corrected chi connectivity index (χ4v) is 2.77. The molecule has 1 N–H and O–H groups in total. The first-order valence-corrected chi connectivity index (χ1v) is 7.33. The number of methoxy groups -OCH3 is 2. The molecule has 0 amide bonds. The molecule has 1 heterocycles. The minimum Gasteiger partial charge on any atom is -0.466 e. The number of nitrogens with zero attached hydrogens (tertiary/aromatic N) is 1. The van der Waals surface area contributed by atoms with Gasteiger partial charge in [0.05, 0.1) is 31.3 Å². The van der Waals surface area contributed by atoms with Gasteiger partial charge in [-0.15, -0.1) is 6.42 Å². The number of nitrogens with one attached hydrogen (secondary N) is 1. The highest BCUT2D eigenvalue weighted by atomic mass is 16.5. The van der Waals surface area contributed by atoms with E-state index in [0.717, 1.165) is 0 Å². The minimum atomic E-state index is -0.830. The average molecular weight is 336 g/mol. The smallest absolute Gasteiger partial charge is 0.337 e. The van der Waals surface area contributed by atoms with Crippen LogP contribution in [0.4, 0.5) is 0 Å². The summed E-state index contributed by atoms with van der Waals surface area (Å²) < 4.78 is 9.69. The van der Waals surface area contributed by atoms with E-state index in [0.29, 0.717) is 16.8 Å². The highest BCUT2D eigenvalue weighted by molar-refractivity contribution is 6.00. The number of benzene rings is 1. The summed E-state index contributed by atoms with van der Waals surface area (Å²) in [4.78, 5) is 24.7. The van der Waals surface area contributed by atoms with E-state index in [1.807, 2.05) is 6.07 Å². The van der Waals surface area contributed by atoms with E-state index in [4.69, 9.17) is 15.9 Å². The summed E-state index contributed by atoms with van der Waals surface area (Å²) >= 11 is 0. The monoisotopic (exact) mass is 336 g/mol. The summed E-state index contributed by atoms with van der Waals surface area (Å²) in [6.07, 6.45) is 5.45. The summed E-state index contributed by atoms with van der Waals surface area (Å²) in [5.74, 6) is 0.359. The third-order valence-corrected chi connectivity index (χ3v) is 3.87. The number of hydrogen-bond acceptors (Lipinski definition) is 6. The van der Waals surface area contributed by atoms with Gasteiger partial charge in [-0.05, 0) is 24.6 Å². The third kappa shape index (κ3) is 3.24. The van der Waals surface area contributed by atoms with Crippen molar-refractivity contribution in [3.63, 3.8) is 0 Å². The van der Waals surface area contributed by atoms with Gasteiger partial charge < -0.3 is 14.8 Å². The Morgan fingerprint density at radius 3 is 2.40 bits per heavy atom. The number of allylic oxidation sites excluding steroid dienone is 2. The minimum absolute atomic E-state index is 0.0214. The molecule has 1 aromatic carbocycles. The lowest BCUT2D eigenvalue weighted by atomic mass is 9.80. The molecule has 0 bridgehead atoms. The van der Waals surface area contributed by atoms with Gasteiger partial charge in [0.25, 0.3) is 0 Å². The molecule has 1 atom stereocenters. The van der Waals surface area contributed by atoms with Crippen molar-refractivity contribution in [3.8, 4) is 18.4 Å². The molecule has 0 saturated carbocycles. The van der Waals surface area contributed by atoms with Crippen LogP contribution in [0, 0.1) is 23.7 Å². The van der Waals surface area contributed by atoms with Crippen molar-refractivity contribution in [2.75, 3.05) is 14.2 Å². The van der Waals surface area contributed by atoms with E-state index >= 15 is 0 Å². The Hall–Kier alpha value is -3.51. The van der Waals surface area contributed by atoms with E-state index in [-0.39, 0.29) is 16.8 Å². The molecule has 1 aliphatic heterocycles. The molecule has 0 spiro atoms. The van der Waals surface area contributed by atoms with Crippen molar-refractivity contribution in [3.05, 3.63) is 57.9 Å². The molecule has 25 heavy (non-hydrogen) atoms. The van der Waals surface area contributed by atoms with Gasteiger partial charge >= 0.3 is 11.9 Å². The molecule has 1 unspecified atom stereocenters. The molecule has 6 nitrogen and oxygen atoms in total. The molecule has 0 radical (unpaired) electrons. The molecule has 6 heteroatoms. The van der Waals surface area contributed by atoms with Crippen molar-refractivity contribution in [1.29, 1.82) is 5.26 Å². The summed E-state index contributed by atoms with van der Waals surface area (Å²) in [7, 11) is 2.46. The summed E-state index contributed by atoms with van der Waals surface area (Å²) in [5.41, 5.74) is 1.87. The van der Waals surface area contributed by atoms with Gasteiger partial charge in [0.1, 0.15) is 11.8 Å². The van der Waals surface area contributed by atoms with Crippen LogP contribution in [0.2, 0.25) is 0 Å². The second kappa shape index (κ2) is 7.37. The van der Waals surface area contributed by atoms with E-state index < -0.39 is 17.9 Å². The van der Waals surface area contributed by atoms with Crippen molar-refractivity contribution < 1.29 is 19.1 Å². The first-order valence-electron chi connectivity index (χ1n) is 7.33. The van der Waals surface area contributed by atoms with Crippen LogP contribution >= 0.6 is 0 Å². The summed E-state index contributed by atoms with van der Waals surface area (Å²) in [5, 5.41) is 12.2. The maximum atomic E-state index is 12.4. The fraction of sp³-hybridized carbons (Fsp3) is 0.211. The zero-order chi connectivity index (χ0) is 18.6. The highest BCUT2D eigenvalue weighted by Crippen LogP contribution is 2.39. The van der Waals surface area contributed by atoms with Crippen LogP contribution in [0.25, 0.3) is 0 Å². The number of esters is 2. The third-order valence-electron chi connectivity index (χ3n) is 3.87. The summed E-state index contributed by atoms with van der Waals surface area (Å²) in [6, 6.07) is 8.81. The molecule has 0 aromatic heterocycles. The van der Waals surface area contributed by atoms with Gasteiger partial charge in [-0.2, -0.15) is 5.26 Å². The van der Waals surface area contributed by atoms with Crippen LogP contribution < -0.4 is 5.32 Å².